The number of hydrogen-bond donors (Lipinski definition) is 3. The second kappa shape index (κ2) is 8.56. The van der Waals surface area contributed by atoms with Gasteiger partial charge in [0.25, 0.3) is 5.91 Å². The molecule has 3 rings (SSSR count). The molecule has 28 heavy (non-hydrogen) atoms. The second-order valence-corrected chi connectivity index (χ2v) is 8.31. The molecular weight excluding hydrogens is 376 g/mol. The van der Waals surface area contributed by atoms with Crippen molar-refractivity contribution < 1.29 is 19.5 Å². The molecule has 1 aliphatic rings. The second-order valence-electron chi connectivity index (χ2n) is 7.21. The summed E-state index contributed by atoms with van der Waals surface area (Å²) in [6.07, 6.45) is 3.31. The van der Waals surface area contributed by atoms with Crippen LogP contribution in [0.5, 0.6) is 0 Å². The van der Waals surface area contributed by atoms with Crippen LogP contribution >= 0.6 is 11.3 Å². The van der Waals surface area contributed by atoms with E-state index in [4.69, 9.17) is 5.73 Å². The molecule has 1 fully saturated rings. The number of rotatable bonds is 6. The molecule has 0 unspecified atom stereocenters. The van der Waals surface area contributed by atoms with Gasteiger partial charge < -0.3 is 16.2 Å². The first-order valence-electron chi connectivity index (χ1n) is 9.38. The maximum absolute atomic E-state index is 12.8. The Kier molecular flexibility index (Phi) is 6.14. The molecule has 0 spiro atoms. The van der Waals surface area contributed by atoms with Crippen LogP contribution in [0.2, 0.25) is 0 Å². The highest BCUT2D eigenvalue weighted by Gasteiger charge is 2.36. The minimum absolute atomic E-state index is 0.312. The van der Waals surface area contributed by atoms with Gasteiger partial charge in [0, 0.05) is 11.3 Å². The molecule has 1 aromatic heterocycles. The summed E-state index contributed by atoms with van der Waals surface area (Å²) in [5.41, 5.74) is 7.74. The number of amides is 2. The summed E-state index contributed by atoms with van der Waals surface area (Å²) in [5.74, 6) is -3.16. The van der Waals surface area contributed by atoms with Crippen LogP contribution in [0.3, 0.4) is 0 Å². The molecule has 2 amide bonds. The third-order valence-corrected chi connectivity index (χ3v) is 6.56. The van der Waals surface area contributed by atoms with Crippen molar-refractivity contribution in [1.29, 1.82) is 0 Å². The van der Waals surface area contributed by atoms with Crippen LogP contribution in [0.4, 0.5) is 5.00 Å². The van der Waals surface area contributed by atoms with Gasteiger partial charge in [0.15, 0.2) is 0 Å². The number of benzene rings is 1. The van der Waals surface area contributed by atoms with Crippen LogP contribution in [0.15, 0.2) is 30.3 Å². The van der Waals surface area contributed by atoms with E-state index < -0.39 is 23.7 Å². The molecule has 0 bridgehead atoms. The van der Waals surface area contributed by atoms with E-state index in [0.717, 1.165) is 28.8 Å². The van der Waals surface area contributed by atoms with Crippen LogP contribution in [-0.2, 0) is 16.0 Å². The summed E-state index contributed by atoms with van der Waals surface area (Å²) in [6, 6.07) is 9.84. The number of anilines is 1. The van der Waals surface area contributed by atoms with Gasteiger partial charge in [-0.2, -0.15) is 0 Å². The molecule has 1 aliphatic carbocycles. The number of carbonyl (C=O) groups excluding carboxylic acids is 2. The Morgan fingerprint density at radius 3 is 2.39 bits per heavy atom. The fourth-order valence-corrected chi connectivity index (χ4v) is 5.09. The summed E-state index contributed by atoms with van der Waals surface area (Å²) >= 11 is 1.33. The smallest absolute Gasteiger partial charge is 0.307 e. The first-order valence-corrected chi connectivity index (χ1v) is 10.2. The Labute approximate surface area is 167 Å². The molecule has 4 N–H and O–H groups in total. The molecule has 2 atom stereocenters. The van der Waals surface area contributed by atoms with E-state index in [1.54, 1.807) is 0 Å². The van der Waals surface area contributed by atoms with Crippen LogP contribution < -0.4 is 11.1 Å². The van der Waals surface area contributed by atoms with Gasteiger partial charge in [0.1, 0.15) is 5.00 Å². The van der Waals surface area contributed by atoms with Gasteiger partial charge in [-0.1, -0.05) is 43.2 Å². The number of carboxylic acids is 1. The zero-order chi connectivity index (χ0) is 20.3. The monoisotopic (exact) mass is 400 g/mol. The predicted molar refractivity (Wildman–Crippen MR) is 109 cm³/mol. The van der Waals surface area contributed by atoms with Gasteiger partial charge in [-0.15, -0.1) is 11.3 Å². The molecule has 148 valence electrons. The third-order valence-electron chi connectivity index (χ3n) is 5.36. The lowest BCUT2D eigenvalue weighted by atomic mass is 9.79. The van der Waals surface area contributed by atoms with E-state index in [9.17, 15) is 19.5 Å². The molecule has 1 heterocycles. The van der Waals surface area contributed by atoms with E-state index in [1.807, 2.05) is 37.3 Å². The van der Waals surface area contributed by atoms with E-state index in [2.05, 4.69) is 5.32 Å². The number of nitrogens with two attached hydrogens (primary N) is 1. The summed E-state index contributed by atoms with van der Waals surface area (Å²) in [6.45, 7) is 1.82. The molecule has 0 radical (unpaired) electrons. The van der Waals surface area contributed by atoms with Gasteiger partial charge in [-0.3, -0.25) is 14.4 Å². The first kappa shape index (κ1) is 20.1. The van der Waals surface area contributed by atoms with Crippen LogP contribution in [0, 0.1) is 18.8 Å². The zero-order valence-electron chi connectivity index (χ0n) is 15.7. The number of nitrogens with one attached hydrogen (secondary N) is 1. The van der Waals surface area contributed by atoms with Crippen molar-refractivity contribution >= 4 is 34.1 Å². The third kappa shape index (κ3) is 4.25. The maximum atomic E-state index is 12.8. The van der Waals surface area contributed by atoms with Gasteiger partial charge in [0.2, 0.25) is 5.91 Å². The Morgan fingerprint density at radius 2 is 1.79 bits per heavy atom. The summed E-state index contributed by atoms with van der Waals surface area (Å²) < 4.78 is 0. The predicted octanol–water partition coefficient (Wildman–Crippen LogP) is 3.58. The van der Waals surface area contributed by atoms with E-state index in [0.29, 0.717) is 29.8 Å². The molecule has 7 heteroatoms. The number of carboxylic acid groups (broad SMARTS) is 1. The highest BCUT2D eigenvalue weighted by atomic mass is 32.1. The Balaban J connectivity index is 1.86. The van der Waals surface area contributed by atoms with Crippen LogP contribution in [0.25, 0.3) is 0 Å². The Hall–Kier alpha value is -2.67. The standard InChI is InChI=1S/C21H24N2O4S/c1-12-16(11-13-7-3-2-4-8-13)28-20(17(12)18(22)24)23-19(25)14-9-5-6-10-15(14)21(26)27/h2-4,7-8,14-15H,5-6,9-11H2,1H3,(H2,22,24)(H,23,25)(H,26,27)/t14-,15+/m1/s1. The Morgan fingerprint density at radius 1 is 1.14 bits per heavy atom. The van der Waals surface area contributed by atoms with E-state index in [-0.39, 0.29) is 5.91 Å². The van der Waals surface area contributed by atoms with Crippen molar-refractivity contribution in [3.63, 3.8) is 0 Å². The Bertz CT molecular complexity index is 891. The minimum Gasteiger partial charge on any atom is -0.481 e. The average molecular weight is 401 g/mol. The lowest BCUT2D eigenvalue weighted by Gasteiger charge is -2.27. The van der Waals surface area contributed by atoms with E-state index in [1.165, 1.54) is 11.3 Å². The highest BCUT2D eigenvalue weighted by molar-refractivity contribution is 7.17. The minimum atomic E-state index is -0.942. The molecule has 1 saturated carbocycles. The molecule has 0 saturated heterocycles. The van der Waals surface area contributed by atoms with Crippen molar-refractivity contribution in [2.24, 2.45) is 17.6 Å². The molecular formula is C21H24N2O4S. The highest BCUT2D eigenvalue weighted by Crippen LogP contribution is 2.36. The van der Waals surface area contributed by atoms with Crippen LogP contribution in [-0.4, -0.2) is 22.9 Å². The molecule has 2 aromatic rings. The average Bonchev–Trinajstić information content (AvgIpc) is 2.97. The van der Waals surface area contributed by atoms with Gasteiger partial charge in [-0.05, 0) is 30.9 Å². The quantitative estimate of drug-likeness (QED) is 0.688. The van der Waals surface area contributed by atoms with Gasteiger partial charge >= 0.3 is 5.97 Å². The topological polar surface area (TPSA) is 109 Å². The summed E-state index contributed by atoms with van der Waals surface area (Å²) in [4.78, 5) is 37.3. The lowest BCUT2D eigenvalue weighted by molar-refractivity contribution is -0.147. The SMILES string of the molecule is Cc1c(Cc2ccccc2)sc(NC(=O)[C@@H]2CCCC[C@@H]2C(=O)O)c1C(N)=O. The van der Waals surface area contributed by atoms with Gasteiger partial charge in [0.05, 0.1) is 17.4 Å². The molecule has 1 aromatic carbocycles. The summed E-state index contributed by atoms with van der Waals surface area (Å²) in [5, 5.41) is 12.6. The number of thiophene rings is 1. The number of primary amides is 1. The molecule has 6 nitrogen and oxygen atoms in total. The zero-order valence-corrected chi connectivity index (χ0v) is 16.6. The number of carbonyl (C=O) groups is 3. The number of hydrogen-bond acceptors (Lipinski definition) is 4. The maximum Gasteiger partial charge on any atom is 0.307 e. The number of aliphatic carboxylic acids is 1. The fourth-order valence-electron chi connectivity index (χ4n) is 3.84. The summed E-state index contributed by atoms with van der Waals surface area (Å²) in [7, 11) is 0. The lowest BCUT2D eigenvalue weighted by Crippen LogP contribution is -2.36. The fraction of sp³-hybridized carbons (Fsp3) is 0.381. The van der Waals surface area contributed by atoms with Crippen molar-refractivity contribution in [3.8, 4) is 0 Å². The molecule has 0 aliphatic heterocycles. The van der Waals surface area contributed by atoms with Crippen molar-refractivity contribution in [2.75, 3.05) is 5.32 Å². The normalized spacial score (nSPS) is 19.2. The largest absolute Gasteiger partial charge is 0.481 e. The van der Waals surface area contributed by atoms with Crippen molar-refractivity contribution in [2.45, 2.75) is 39.0 Å². The van der Waals surface area contributed by atoms with Gasteiger partial charge in [-0.25, -0.2) is 0 Å². The van der Waals surface area contributed by atoms with E-state index >= 15 is 0 Å². The van der Waals surface area contributed by atoms with Crippen LogP contribution in [0.1, 0.15) is 52.0 Å². The first-order chi connectivity index (χ1) is 13.4. The van der Waals surface area contributed by atoms with Crippen molar-refractivity contribution in [1.82, 2.24) is 0 Å². The van der Waals surface area contributed by atoms with Crippen molar-refractivity contribution in [3.05, 3.63) is 51.9 Å².